The number of hydrogen-bond donors (Lipinski definition) is 3. The van der Waals surface area contributed by atoms with Crippen molar-refractivity contribution in [2.75, 3.05) is 18.5 Å². The van der Waals surface area contributed by atoms with Crippen LogP contribution in [0.1, 0.15) is 24.2 Å². The monoisotopic (exact) mass is 513 g/mol. The maximum Gasteiger partial charge on any atom is 0.261 e. The molecule has 8 nitrogen and oxygen atoms in total. The molecule has 0 aliphatic heterocycles. The van der Waals surface area contributed by atoms with Gasteiger partial charge in [-0.2, -0.15) is 0 Å². The van der Waals surface area contributed by atoms with Crippen molar-refractivity contribution < 1.29 is 22.7 Å². The van der Waals surface area contributed by atoms with Crippen LogP contribution in [0, 0.1) is 0 Å². The summed E-state index contributed by atoms with van der Waals surface area (Å²) in [7, 11) is -3.59. The number of para-hydroxylation sites is 2. The molecule has 0 saturated carbocycles. The molecule has 0 spiro atoms. The van der Waals surface area contributed by atoms with Crippen LogP contribution < -0.4 is 24.8 Å². The van der Waals surface area contributed by atoms with E-state index in [0.29, 0.717) is 23.6 Å². The van der Waals surface area contributed by atoms with Crippen molar-refractivity contribution in [2.45, 2.75) is 24.8 Å². The van der Waals surface area contributed by atoms with Crippen molar-refractivity contribution >= 4 is 38.9 Å². The summed E-state index contributed by atoms with van der Waals surface area (Å²) in [6.45, 7) is 4.06. The molecular formula is C25H27N3O5S2. The van der Waals surface area contributed by atoms with E-state index in [-0.39, 0.29) is 22.7 Å². The van der Waals surface area contributed by atoms with Gasteiger partial charge in [0, 0.05) is 11.7 Å². The molecule has 0 aliphatic rings. The lowest BCUT2D eigenvalue weighted by molar-refractivity contribution is 0.0972. The highest BCUT2D eigenvalue weighted by Crippen LogP contribution is 2.19. The molecule has 0 bridgehead atoms. The van der Waals surface area contributed by atoms with Crippen LogP contribution in [0.15, 0.2) is 83.8 Å². The van der Waals surface area contributed by atoms with Gasteiger partial charge < -0.3 is 14.8 Å². The Morgan fingerprint density at radius 2 is 1.51 bits per heavy atom. The Hall–Kier alpha value is -3.47. The first-order chi connectivity index (χ1) is 16.7. The molecule has 0 heterocycles. The van der Waals surface area contributed by atoms with E-state index < -0.39 is 15.9 Å². The number of carbonyl (C=O) groups is 1. The van der Waals surface area contributed by atoms with Gasteiger partial charge in [-0.1, -0.05) is 30.3 Å². The third-order valence-electron chi connectivity index (χ3n) is 4.52. The fraction of sp³-hybridized carbons (Fsp3) is 0.200. The maximum absolute atomic E-state index is 12.8. The maximum atomic E-state index is 12.8. The lowest BCUT2D eigenvalue weighted by Gasteiger charge is -2.14. The van der Waals surface area contributed by atoms with Crippen LogP contribution in [0.3, 0.4) is 0 Å². The Labute approximate surface area is 210 Å². The van der Waals surface area contributed by atoms with Gasteiger partial charge in [0.05, 0.1) is 10.5 Å². The van der Waals surface area contributed by atoms with Crippen LogP contribution in [-0.4, -0.2) is 38.7 Å². The van der Waals surface area contributed by atoms with E-state index in [2.05, 4.69) is 15.4 Å². The zero-order valence-electron chi connectivity index (χ0n) is 19.4. The Bertz CT molecular complexity index is 1250. The summed E-state index contributed by atoms with van der Waals surface area (Å²) in [5.74, 6) is 0.694. The van der Waals surface area contributed by atoms with E-state index in [1.165, 1.54) is 12.1 Å². The molecule has 0 radical (unpaired) electrons. The number of carbonyl (C=O) groups excluding carboxylic acids is 1. The minimum atomic E-state index is -3.59. The van der Waals surface area contributed by atoms with Crippen LogP contribution in [0.4, 0.5) is 5.69 Å². The minimum absolute atomic E-state index is 0.0631. The third kappa shape index (κ3) is 8.06. The molecule has 0 atom stereocenters. The van der Waals surface area contributed by atoms with Gasteiger partial charge in [0.2, 0.25) is 10.0 Å². The second-order valence-electron chi connectivity index (χ2n) is 7.71. The molecule has 3 aromatic rings. The molecule has 3 N–H and O–H groups in total. The van der Waals surface area contributed by atoms with Gasteiger partial charge in [0.25, 0.3) is 5.91 Å². The summed E-state index contributed by atoms with van der Waals surface area (Å²) < 4.78 is 38.4. The quantitative estimate of drug-likeness (QED) is 0.278. The van der Waals surface area contributed by atoms with Crippen molar-refractivity contribution in [3.63, 3.8) is 0 Å². The summed E-state index contributed by atoms with van der Waals surface area (Å²) in [5, 5.41) is 5.55. The average Bonchev–Trinajstić information content (AvgIpc) is 2.82. The highest BCUT2D eigenvalue weighted by atomic mass is 32.2. The molecule has 184 valence electrons. The summed E-state index contributed by atoms with van der Waals surface area (Å²) in [6, 6.07) is 22.0. The molecule has 35 heavy (non-hydrogen) atoms. The largest absolute Gasteiger partial charge is 0.490 e. The summed E-state index contributed by atoms with van der Waals surface area (Å²) in [4.78, 5) is 12.9. The Balaban J connectivity index is 1.54. The van der Waals surface area contributed by atoms with Gasteiger partial charge in [-0.05, 0) is 74.6 Å². The van der Waals surface area contributed by atoms with Gasteiger partial charge >= 0.3 is 0 Å². The van der Waals surface area contributed by atoms with Crippen molar-refractivity contribution in [1.29, 1.82) is 0 Å². The van der Waals surface area contributed by atoms with E-state index in [0.717, 1.165) is 5.75 Å². The van der Waals surface area contributed by atoms with E-state index >= 15 is 0 Å². The van der Waals surface area contributed by atoms with E-state index in [1.807, 2.05) is 30.3 Å². The van der Waals surface area contributed by atoms with Crippen molar-refractivity contribution in [3.8, 4) is 11.5 Å². The van der Waals surface area contributed by atoms with Crippen LogP contribution in [0.5, 0.6) is 11.5 Å². The van der Waals surface area contributed by atoms with Crippen LogP contribution in [0.2, 0.25) is 0 Å². The van der Waals surface area contributed by atoms with Gasteiger partial charge in [-0.3, -0.25) is 10.1 Å². The van der Waals surface area contributed by atoms with Gasteiger partial charge in [-0.25, -0.2) is 13.1 Å². The minimum Gasteiger partial charge on any atom is -0.490 e. The summed E-state index contributed by atoms with van der Waals surface area (Å²) in [6.07, 6.45) is 0. The highest BCUT2D eigenvalue weighted by molar-refractivity contribution is 7.89. The molecule has 0 saturated heterocycles. The first kappa shape index (κ1) is 26.1. The molecule has 0 unspecified atom stereocenters. The SMILES string of the molecule is CC(C)NS(=O)(=O)c1ccc(NC(=S)NC(=O)c2ccccc2OCCOc2ccccc2)cc1. The molecule has 3 aromatic carbocycles. The molecule has 0 fully saturated rings. The van der Waals surface area contributed by atoms with Crippen LogP contribution in [0.25, 0.3) is 0 Å². The average molecular weight is 514 g/mol. The number of thiocarbonyl (C=S) groups is 1. The molecule has 10 heteroatoms. The zero-order chi connectivity index (χ0) is 25.3. The lowest BCUT2D eigenvalue weighted by Crippen LogP contribution is -2.34. The Kier molecular flexibility index (Phi) is 9.18. The topological polar surface area (TPSA) is 106 Å². The lowest BCUT2D eigenvalue weighted by atomic mass is 10.2. The zero-order valence-corrected chi connectivity index (χ0v) is 21.0. The second kappa shape index (κ2) is 12.3. The van der Waals surface area contributed by atoms with Crippen LogP contribution in [-0.2, 0) is 10.0 Å². The van der Waals surface area contributed by atoms with Crippen molar-refractivity contribution in [2.24, 2.45) is 0 Å². The molecule has 1 amide bonds. The van der Waals surface area contributed by atoms with Crippen molar-refractivity contribution in [1.82, 2.24) is 10.0 Å². The number of rotatable bonds is 10. The fourth-order valence-corrected chi connectivity index (χ4v) is 4.50. The standard InChI is InChI=1S/C25H27N3O5S2/c1-18(2)28-35(30,31)21-14-12-19(13-15-21)26-25(34)27-24(29)22-10-6-7-11-23(22)33-17-16-32-20-8-4-3-5-9-20/h3-15,18,28H,16-17H2,1-2H3,(H2,26,27,29,34). The van der Waals surface area contributed by atoms with Gasteiger partial charge in [0.15, 0.2) is 5.11 Å². The number of benzene rings is 3. The predicted molar refractivity (Wildman–Crippen MR) is 139 cm³/mol. The molecule has 0 aliphatic carbocycles. The number of sulfonamides is 1. The number of amides is 1. The normalized spacial score (nSPS) is 11.1. The molecule has 3 rings (SSSR count). The Morgan fingerprint density at radius 1 is 0.886 bits per heavy atom. The van der Waals surface area contributed by atoms with Gasteiger partial charge in [-0.15, -0.1) is 0 Å². The second-order valence-corrected chi connectivity index (χ2v) is 9.84. The predicted octanol–water partition coefficient (Wildman–Crippen LogP) is 3.96. The first-order valence-electron chi connectivity index (χ1n) is 10.9. The Morgan fingerprint density at radius 3 is 2.20 bits per heavy atom. The van der Waals surface area contributed by atoms with Crippen LogP contribution >= 0.6 is 12.2 Å². The fourth-order valence-electron chi connectivity index (χ4n) is 3.04. The summed E-state index contributed by atoms with van der Waals surface area (Å²) in [5.41, 5.74) is 0.846. The van der Waals surface area contributed by atoms with E-state index in [4.69, 9.17) is 21.7 Å². The number of hydrogen-bond acceptors (Lipinski definition) is 6. The van der Waals surface area contributed by atoms with E-state index in [1.54, 1.807) is 50.2 Å². The van der Waals surface area contributed by atoms with E-state index in [9.17, 15) is 13.2 Å². The highest BCUT2D eigenvalue weighted by Gasteiger charge is 2.16. The third-order valence-corrected chi connectivity index (χ3v) is 6.40. The smallest absolute Gasteiger partial charge is 0.261 e. The van der Waals surface area contributed by atoms with Crippen molar-refractivity contribution in [3.05, 3.63) is 84.4 Å². The number of ether oxygens (including phenoxy) is 2. The first-order valence-corrected chi connectivity index (χ1v) is 12.8. The summed E-state index contributed by atoms with van der Waals surface area (Å²) >= 11 is 5.24. The number of nitrogens with one attached hydrogen (secondary N) is 3. The number of anilines is 1. The van der Waals surface area contributed by atoms with Gasteiger partial charge in [0.1, 0.15) is 24.7 Å². The molecular weight excluding hydrogens is 486 g/mol. The molecule has 0 aromatic heterocycles.